The zero-order valence-corrected chi connectivity index (χ0v) is 77.5. The number of aromatic nitrogens is 4. The van der Waals surface area contributed by atoms with Crippen molar-refractivity contribution in [1.82, 2.24) is 19.1 Å². The van der Waals surface area contributed by atoms with E-state index in [1.807, 2.05) is 12.4 Å². The number of nitrogens with zero attached hydrogens (tertiary/aromatic N) is 8. The molecule has 2 aliphatic carbocycles. The van der Waals surface area contributed by atoms with Gasteiger partial charge >= 0.3 is 0 Å². The van der Waals surface area contributed by atoms with E-state index in [4.69, 9.17) is 9.97 Å². The first-order valence-corrected chi connectivity index (χ1v) is 43.9. The van der Waals surface area contributed by atoms with Crippen LogP contribution in [0.2, 0.25) is 0 Å². The largest absolute Gasteiger partial charge is 0.498 e. The van der Waals surface area contributed by atoms with Gasteiger partial charge in [0.05, 0.1) is 0 Å². The maximum Gasteiger partial charge on any atom is 0.135 e. The molecule has 0 N–H and O–H groups in total. The number of rotatable bonds is 13. The minimum atomic E-state index is -0.786. The first-order valence-electron chi connectivity index (χ1n) is 43.9. The van der Waals surface area contributed by atoms with Crippen molar-refractivity contribution in [2.75, 3.05) is 19.6 Å². The van der Waals surface area contributed by atoms with E-state index in [2.05, 4.69) is 487 Å². The Labute approximate surface area is 780 Å². The summed E-state index contributed by atoms with van der Waals surface area (Å²) < 4.78 is 4.66. The van der Waals surface area contributed by atoms with Gasteiger partial charge in [-0.1, -0.05) is 316 Å². The van der Waals surface area contributed by atoms with Gasteiger partial charge < -0.3 is 28.7 Å². The van der Waals surface area contributed by atoms with Crippen LogP contribution in [-0.4, -0.2) is 19.1 Å². The van der Waals surface area contributed by atoms with E-state index in [-0.39, 0.29) is 58.4 Å². The quantitative estimate of drug-likeness (QED) is 0.107. The summed E-state index contributed by atoms with van der Waals surface area (Å²) in [5, 5.41) is 4.68. The molecule has 0 fully saturated rings. The van der Waals surface area contributed by atoms with Crippen molar-refractivity contribution in [3.63, 3.8) is 0 Å². The number of hydrogen-bond donors (Lipinski definition) is 0. The molecule has 6 heterocycles. The molecule has 0 radical (unpaired) electrons. The Hall–Kier alpha value is -13.2. The first-order chi connectivity index (χ1) is 61.4. The van der Waals surface area contributed by atoms with Crippen molar-refractivity contribution in [3.05, 3.63) is 480 Å². The molecular weight excluding hydrogens is 1920 g/mol. The van der Waals surface area contributed by atoms with Crippen molar-refractivity contribution in [2.45, 2.75) is 102 Å². The van der Waals surface area contributed by atoms with Crippen LogP contribution in [0.3, 0.4) is 0 Å². The summed E-state index contributed by atoms with van der Waals surface area (Å²) in [6, 6.07) is 147. The Morgan fingerprint density at radius 1 is 0.289 bits per heavy atom. The standard InChI is InChI=1S/C60H45N4.C58H49N4.2Pt/c1-59(2,3)44-32-33-61-58(38-44)64-54-27-15-12-24-50(54)51-31-30-45(37-57(51)64)60(52-25-13-10-22-48(52)49-23-11-14-26-53(49)60)46-34-43(42-20-8-5-9-21-42)35-47(36-46)63-40-62(39-41-18-6-4-7-19-41)55-28-16-17-29-56(55)63;1-56(2,3)40-28-30-51-48(34-40)47-29-27-43(35-54(47)62(51)55-36-41(31-32-59-55)57(4,5)6)58(49-23-12-10-21-45(49)46-22-11-13-24-50(46)58)42-19-16-20-44(33-42)61-38-60(37-39-17-8-7-9-18-39)52-25-14-15-26-53(52)61;;/h4-35,38,40H,39H2,1-3H3;7-32,34,36,38H,37H2,1-6H3;;/q2*-3;;. The minimum Gasteiger partial charge on any atom is -0.498 e. The van der Waals surface area contributed by atoms with E-state index in [9.17, 15) is 0 Å². The van der Waals surface area contributed by atoms with Gasteiger partial charge in [0.25, 0.3) is 0 Å². The topological polar surface area (TPSA) is 48.6 Å². The van der Waals surface area contributed by atoms with Crippen LogP contribution in [-0.2, 0) is 82.3 Å². The van der Waals surface area contributed by atoms with Crippen molar-refractivity contribution in [1.29, 1.82) is 0 Å². The maximum atomic E-state index is 5.07. The third-order valence-corrected chi connectivity index (χ3v) is 26.4. The van der Waals surface area contributed by atoms with Crippen molar-refractivity contribution in [2.24, 2.45) is 0 Å². The molecule has 0 unspecified atom stereocenters. The minimum absolute atomic E-state index is 0. The van der Waals surface area contributed by atoms with Crippen LogP contribution < -0.4 is 19.6 Å². The fourth-order valence-electron chi connectivity index (χ4n) is 20.2. The normalized spacial score (nSPS) is 13.9. The number of fused-ring (bicyclic) bond motifs is 14. The van der Waals surface area contributed by atoms with Gasteiger partial charge in [-0.05, 0) is 166 Å². The summed E-state index contributed by atoms with van der Waals surface area (Å²) in [4.78, 5) is 19.4. The average Bonchev–Trinajstić information content (AvgIpc) is 1.53. The fourth-order valence-corrected chi connectivity index (χ4v) is 20.2. The number of pyridine rings is 2. The SMILES string of the molecule is CC(C)(C)c1ccnc(-n2c3[c-]c(C4(c5[c-]c(N6[CH-]N(Cc7ccccc7)c7ccccc76)cc(-c6ccccc6)c5)c5ccccc5-c5ccccc54)ccc3c3ccccc32)c1.CC(C)(C)c1ccnc(-n2c3[c-]c(C4(c5[c-]c(N6[CH-]N(Cc7ccccc7)c7ccccc76)ccc5)c5ccccc5-c5ccccc54)ccc3c3cc(C(C)(C)C)ccc32)c1.[Pt].[Pt]. The summed E-state index contributed by atoms with van der Waals surface area (Å²) in [6.07, 6.45) is 3.91. The van der Waals surface area contributed by atoms with Crippen LogP contribution in [0, 0.1) is 37.6 Å². The van der Waals surface area contributed by atoms with Gasteiger partial charge in [-0.15, -0.1) is 56.0 Å². The smallest absolute Gasteiger partial charge is 0.135 e. The maximum absolute atomic E-state index is 5.07. The summed E-state index contributed by atoms with van der Waals surface area (Å²) in [6.45, 7) is 26.4. The van der Waals surface area contributed by atoms with Gasteiger partial charge in [0.1, 0.15) is 11.6 Å². The molecule has 632 valence electrons. The van der Waals surface area contributed by atoms with Crippen molar-refractivity contribution >= 4 is 77.7 Å². The third-order valence-electron chi connectivity index (χ3n) is 26.4. The number of hydrogen-bond acceptors (Lipinski definition) is 6. The second-order valence-corrected chi connectivity index (χ2v) is 37.1. The van der Waals surface area contributed by atoms with Gasteiger partial charge in [0.2, 0.25) is 0 Å². The van der Waals surface area contributed by atoms with Crippen LogP contribution in [0.25, 0.3) is 88.6 Å². The van der Waals surface area contributed by atoms with Gasteiger partial charge in [0, 0.05) is 112 Å². The Kier molecular flexibility index (Phi) is 21.1. The molecule has 0 bridgehead atoms. The van der Waals surface area contributed by atoms with Crippen molar-refractivity contribution in [3.8, 4) is 45.0 Å². The molecular formula is C118H94N8Pt2-6. The predicted molar refractivity (Wildman–Crippen MR) is 520 cm³/mol. The Morgan fingerprint density at radius 2 is 0.680 bits per heavy atom. The molecule has 15 aromatic carbocycles. The second-order valence-electron chi connectivity index (χ2n) is 37.1. The molecule has 23 rings (SSSR count). The fraction of sp³-hybridized carbons (Fsp3) is 0.136. The summed E-state index contributed by atoms with van der Waals surface area (Å²) >= 11 is 0. The van der Waals surface area contributed by atoms with Crippen LogP contribution in [0.5, 0.6) is 0 Å². The predicted octanol–water partition coefficient (Wildman–Crippen LogP) is 28.4. The Bertz CT molecular complexity index is 7380. The van der Waals surface area contributed by atoms with Gasteiger partial charge in [-0.25, -0.2) is 9.97 Å². The Balaban J connectivity index is 0.000000158. The third kappa shape index (κ3) is 13.9. The molecule has 10 heteroatoms. The number of anilines is 6. The van der Waals surface area contributed by atoms with E-state index >= 15 is 0 Å². The summed E-state index contributed by atoms with van der Waals surface area (Å²) in [5.74, 6) is 1.78. The Morgan fingerprint density at radius 3 is 1.17 bits per heavy atom. The molecule has 4 aromatic heterocycles. The number of benzene rings is 15. The van der Waals surface area contributed by atoms with Crippen LogP contribution in [0.4, 0.5) is 34.1 Å². The molecule has 8 nitrogen and oxygen atoms in total. The zero-order chi connectivity index (χ0) is 85.4. The monoisotopic (exact) mass is 2010 g/mol. The molecule has 4 aliphatic rings. The molecule has 2 aliphatic heterocycles. The van der Waals surface area contributed by atoms with Gasteiger partial charge in [0.15, 0.2) is 0 Å². The average molecular weight is 2010 g/mol. The zero-order valence-electron chi connectivity index (χ0n) is 73.0. The van der Waals surface area contributed by atoms with Crippen LogP contribution in [0.1, 0.15) is 135 Å². The summed E-state index contributed by atoms with van der Waals surface area (Å²) in [7, 11) is 0. The second kappa shape index (κ2) is 32.6. The number of para-hydroxylation sites is 5. The first kappa shape index (κ1) is 83.0. The van der Waals surface area contributed by atoms with E-state index in [0.29, 0.717) is 0 Å². The van der Waals surface area contributed by atoms with E-state index in [0.717, 1.165) is 119 Å². The molecule has 128 heavy (non-hydrogen) atoms. The van der Waals surface area contributed by atoms with E-state index < -0.39 is 10.8 Å². The van der Waals surface area contributed by atoms with Gasteiger partial charge in [-0.2, -0.15) is 86.1 Å². The van der Waals surface area contributed by atoms with Crippen LogP contribution in [0.15, 0.2) is 370 Å². The van der Waals surface area contributed by atoms with Gasteiger partial charge in [-0.3, -0.25) is 0 Å². The van der Waals surface area contributed by atoms with Crippen LogP contribution >= 0.6 is 0 Å². The van der Waals surface area contributed by atoms with Crippen molar-refractivity contribution < 1.29 is 42.1 Å². The molecule has 0 spiro atoms. The molecule has 0 atom stereocenters. The molecule has 19 aromatic rings. The van der Waals surface area contributed by atoms with E-state index in [1.165, 1.54) is 88.8 Å². The molecule has 0 saturated carbocycles. The summed E-state index contributed by atoms with van der Waals surface area (Å²) in [5.41, 5.74) is 31.8. The molecule has 0 saturated heterocycles. The van der Waals surface area contributed by atoms with E-state index in [1.54, 1.807) is 0 Å². The molecule has 0 amide bonds.